The third-order valence-electron chi connectivity index (χ3n) is 2.00. The Balaban J connectivity index is 2.61. The van der Waals surface area contributed by atoms with Crippen molar-refractivity contribution in [2.24, 2.45) is 0 Å². The van der Waals surface area contributed by atoms with Crippen molar-refractivity contribution < 1.29 is 44.7 Å². The molecule has 126 valence electrons. The highest BCUT2D eigenvalue weighted by molar-refractivity contribution is 5.84. The molecule has 0 saturated heterocycles. The number of nitrogens with zero attached hydrogens (tertiary/aromatic N) is 2. The molecule has 1 amide bonds. The van der Waals surface area contributed by atoms with E-state index in [2.05, 4.69) is 14.6 Å². The zero-order chi connectivity index (χ0) is 17.2. The first kappa shape index (κ1) is 17.9. The van der Waals surface area contributed by atoms with Crippen LogP contribution in [0.5, 0.6) is 0 Å². The lowest BCUT2D eigenvalue weighted by Gasteiger charge is -2.25. The van der Waals surface area contributed by atoms with Crippen molar-refractivity contribution >= 4 is 11.9 Å². The maximum atomic E-state index is 13.0. The minimum Gasteiger partial charge on any atom is -0.408 e. The predicted octanol–water partition coefficient (Wildman–Crippen LogP) is 1.07. The topological polar surface area (TPSA) is 103 Å². The minimum atomic E-state index is -6.08. The van der Waals surface area contributed by atoms with Gasteiger partial charge in [0.15, 0.2) is 0 Å². The molecule has 22 heavy (non-hydrogen) atoms. The summed E-state index contributed by atoms with van der Waals surface area (Å²) in [5.74, 6) is -8.63. The number of halogens is 7. The van der Waals surface area contributed by atoms with Gasteiger partial charge in [0.25, 0.3) is 5.91 Å². The summed E-state index contributed by atoms with van der Waals surface area (Å²) in [6.45, 7) is -0.696. The molecule has 0 radical (unpaired) electrons. The fourth-order valence-corrected chi connectivity index (χ4v) is 1.10. The molecule has 0 saturated carbocycles. The number of alkyl halides is 7. The molecule has 1 heterocycles. The Morgan fingerprint density at radius 2 is 1.77 bits per heavy atom. The first-order chi connectivity index (χ1) is 9.85. The minimum absolute atomic E-state index is 0.209. The Morgan fingerprint density at radius 1 is 1.18 bits per heavy atom. The Kier molecular flexibility index (Phi) is 4.84. The summed E-state index contributed by atoms with van der Waals surface area (Å²) < 4.78 is 92.8. The van der Waals surface area contributed by atoms with E-state index in [0.717, 1.165) is 0 Å². The van der Waals surface area contributed by atoms with Crippen molar-refractivity contribution in [2.45, 2.75) is 24.8 Å². The van der Waals surface area contributed by atoms with Gasteiger partial charge in [0.05, 0.1) is 0 Å². The molecule has 14 heteroatoms. The van der Waals surface area contributed by atoms with Gasteiger partial charge in [-0.3, -0.25) is 4.79 Å². The number of nitrogens with two attached hydrogens (primary N) is 1. The molecule has 0 aliphatic rings. The second-order valence-electron chi connectivity index (χ2n) is 3.68. The SMILES string of the molecule is Nc1nnc(CCNC(=O)C(F)(F)C(F)(F)OC(F)(F)F)o1. The maximum Gasteiger partial charge on any atom is 0.527 e. The summed E-state index contributed by atoms with van der Waals surface area (Å²) in [5.41, 5.74) is 5.03. The monoisotopic (exact) mass is 340 g/mol. The largest absolute Gasteiger partial charge is 0.527 e. The van der Waals surface area contributed by atoms with Crippen LogP contribution in [0.1, 0.15) is 5.89 Å². The molecule has 0 aliphatic heterocycles. The van der Waals surface area contributed by atoms with E-state index in [9.17, 15) is 35.5 Å². The molecule has 1 aromatic rings. The Morgan fingerprint density at radius 3 is 2.23 bits per heavy atom. The average molecular weight is 340 g/mol. The molecule has 0 spiro atoms. The number of aromatic nitrogens is 2. The van der Waals surface area contributed by atoms with E-state index >= 15 is 0 Å². The summed E-state index contributed by atoms with van der Waals surface area (Å²) in [5, 5.41) is 7.74. The van der Waals surface area contributed by atoms with Crippen molar-refractivity contribution in [3.63, 3.8) is 0 Å². The molecule has 1 aromatic heterocycles. The lowest BCUT2D eigenvalue weighted by atomic mass is 10.3. The van der Waals surface area contributed by atoms with Gasteiger partial charge < -0.3 is 15.5 Å². The van der Waals surface area contributed by atoms with Gasteiger partial charge in [0, 0.05) is 13.0 Å². The van der Waals surface area contributed by atoms with Gasteiger partial charge in [-0.1, -0.05) is 5.10 Å². The highest BCUT2D eigenvalue weighted by Gasteiger charge is 2.67. The van der Waals surface area contributed by atoms with Crippen molar-refractivity contribution in [3.05, 3.63) is 5.89 Å². The van der Waals surface area contributed by atoms with Gasteiger partial charge in [-0.25, -0.2) is 4.74 Å². The fraction of sp³-hybridized carbons (Fsp3) is 0.625. The van der Waals surface area contributed by atoms with E-state index in [0.29, 0.717) is 0 Å². The summed E-state index contributed by atoms with van der Waals surface area (Å²) in [6.07, 6.45) is -12.5. The summed E-state index contributed by atoms with van der Waals surface area (Å²) in [4.78, 5) is 10.9. The van der Waals surface area contributed by atoms with Crippen molar-refractivity contribution in [1.82, 2.24) is 15.5 Å². The van der Waals surface area contributed by atoms with E-state index < -0.39 is 30.8 Å². The number of nitrogen functional groups attached to an aromatic ring is 1. The van der Waals surface area contributed by atoms with Gasteiger partial charge in [-0.2, -0.15) is 17.6 Å². The van der Waals surface area contributed by atoms with Gasteiger partial charge in [0.2, 0.25) is 5.89 Å². The number of carbonyl (C=O) groups is 1. The van der Waals surface area contributed by atoms with Crippen LogP contribution >= 0.6 is 0 Å². The Labute approximate surface area is 116 Å². The quantitative estimate of drug-likeness (QED) is 0.751. The lowest BCUT2D eigenvalue weighted by Crippen LogP contribution is -2.55. The van der Waals surface area contributed by atoms with Crippen LogP contribution in [0.4, 0.5) is 36.7 Å². The molecule has 3 N–H and O–H groups in total. The van der Waals surface area contributed by atoms with E-state index in [4.69, 9.17) is 5.73 Å². The fourth-order valence-electron chi connectivity index (χ4n) is 1.10. The molecular weight excluding hydrogens is 333 g/mol. The van der Waals surface area contributed by atoms with E-state index in [1.165, 1.54) is 5.32 Å². The molecule has 7 nitrogen and oxygen atoms in total. The van der Waals surface area contributed by atoms with E-state index in [1.807, 2.05) is 4.74 Å². The van der Waals surface area contributed by atoms with Crippen LogP contribution in [0.15, 0.2) is 4.42 Å². The van der Waals surface area contributed by atoms with Crippen LogP contribution in [-0.4, -0.2) is 41.0 Å². The zero-order valence-corrected chi connectivity index (χ0v) is 10.3. The molecular formula is C8H7F7N4O3. The average Bonchev–Trinajstić information content (AvgIpc) is 2.71. The molecule has 0 atom stereocenters. The second kappa shape index (κ2) is 5.94. The molecule has 0 unspecified atom stereocenters. The Hall–Kier alpha value is -2.12. The van der Waals surface area contributed by atoms with Crippen LogP contribution in [0.25, 0.3) is 0 Å². The predicted molar refractivity (Wildman–Crippen MR) is 52.5 cm³/mol. The summed E-state index contributed by atoms with van der Waals surface area (Å²) in [7, 11) is 0. The van der Waals surface area contributed by atoms with E-state index in [-0.39, 0.29) is 18.3 Å². The number of rotatable bonds is 6. The Bertz CT molecular complexity index is 530. The van der Waals surface area contributed by atoms with Crippen molar-refractivity contribution in [2.75, 3.05) is 12.3 Å². The van der Waals surface area contributed by atoms with Crippen LogP contribution in [-0.2, 0) is 16.0 Å². The van der Waals surface area contributed by atoms with Crippen LogP contribution in [0, 0.1) is 0 Å². The normalized spacial score (nSPS) is 13.2. The van der Waals surface area contributed by atoms with Crippen LogP contribution in [0.3, 0.4) is 0 Å². The molecule has 0 aliphatic carbocycles. The lowest BCUT2D eigenvalue weighted by molar-refractivity contribution is -0.458. The second-order valence-corrected chi connectivity index (χ2v) is 3.68. The highest BCUT2D eigenvalue weighted by Crippen LogP contribution is 2.39. The summed E-state index contributed by atoms with van der Waals surface area (Å²) >= 11 is 0. The highest BCUT2D eigenvalue weighted by atomic mass is 19.4. The molecule has 0 bridgehead atoms. The molecule has 0 fully saturated rings. The molecule has 0 aromatic carbocycles. The van der Waals surface area contributed by atoms with Gasteiger partial charge in [-0.05, 0) is 0 Å². The number of hydrogen-bond donors (Lipinski definition) is 2. The summed E-state index contributed by atoms with van der Waals surface area (Å²) in [6, 6.07) is -0.364. The first-order valence-corrected chi connectivity index (χ1v) is 5.24. The van der Waals surface area contributed by atoms with Crippen LogP contribution < -0.4 is 11.1 Å². The van der Waals surface area contributed by atoms with Gasteiger partial charge in [0.1, 0.15) is 0 Å². The third-order valence-corrected chi connectivity index (χ3v) is 2.00. The number of amides is 1. The van der Waals surface area contributed by atoms with Crippen molar-refractivity contribution in [1.29, 1.82) is 0 Å². The number of hydrogen-bond acceptors (Lipinski definition) is 6. The standard InChI is InChI=1S/C8H7F7N4O3/c9-6(10,7(11,12)22-8(13,14)15)4(20)17-2-1-3-18-19-5(16)21-3/h1-2H2,(H2,16,19)(H,17,20). The zero-order valence-electron chi connectivity index (χ0n) is 10.3. The number of ether oxygens (including phenoxy) is 1. The molecule has 1 rings (SSSR count). The maximum absolute atomic E-state index is 13.0. The van der Waals surface area contributed by atoms with Crippen molar-refractivity contribution in [3.8, 4) is 0 Å². The van der Waals surface area contributed by atoms with Gasteiger partial charge in [-0.15, -0.1) is 18.3 Å². The smallest absolute Gasteiger partial charge is 0.408 e. The number of anilines is 1. The first-order valence-electron chi connectivity index (χ1n) is 5.24. The van der Waals surface area contributed by atoms with Gasteiger partial charge >= 0.3 is 24.4 Å². The third kappa shape index (κ3) is 4.44. The number of carbonyl (C=O) groups excluding carboxylic acids is 1. The van der Waals surface area contributed by atoms with E-state index in [1.54, 1.807) is 0 Å². The van der Waals surface area contributed by atoms with Crippen LogP contribution in [0.2, 0.25) is 0 Å². The number of nitrogens with one attached hydrogen (secondary N) is 1.